The van der Waals surface area contributed by atoms with E-state index in [2.05, 4.69) is 11.9 Å². The molecule has 1 atom stereocenters. The smallest absolute Gasteiger partial charge is 0.186 e. The quantitative estimate of drug-likeness (QED) is 0.301. The maximum atomic E-state index is 12.9. The van der Waals surface area contributed by atoms with E-state index in [0.29, 0.717) is 21.4 Å². The van der Waals surface area contributed by atoms with Crippen molar-refractivity contribution in [2.75, 3.05) is 18.1 Å². The fourth-order valence-corrected chi connectivity index (χ4v) is 6.62. The zero-order chi connectivity index (χ0) is 22.7. The van der Waals surface area contributed by atoms with E-state index < -0.39 is 17.1 Å². The lowest BCUT2D eigenvalue weighted by Crippen LogP contribution is -2.15. The molecule has 4 aromatic rings. The molecule has 0 saturated carbocycles. The molecule has 1 aromatic carbocycles. The summed E-state index contributed by atoms with van der Waals surface area (Å²) in [6, 6.07) is 9.23. The van der Waals surface area contributed by atoms with Gasteiger partial charge in [-0.1, -0.05) is 25.5 Å². The zero-order valence-electron chi connectivity index (χ0n) is 17.4. The summed E-state index contributed by atoms with van der Waals surface area (Å²) in [6.45, 7) is 1.86. The summed E-state index contributed by atoms with van der Waals surface area (Å²) in [6.07, 6.45) is 2.04. The molecule has 0 radical (unpaired) electrons. The second-order valence-electron chi connectivity index (χ2n) is 7.09. The summed E-state index contributed by atoms with van der Waals surface area (Å²) in [5.74, 6) is 1.09. The zero-order valence-corrected chi connectivity index (χ0v) is 19.8. The molecular formula is C22H23N3O4S3. The number of unbranched alkanes of at least 4 members (excludes halogenated alkanes) is 1. The van der Waals surface area contributed by atoms with E-state index >= 15 is 0 Å². The number of anilines is 1. The van der Waals surface area contributed by atoms with E-state index in [-0.39, 0.29) is 6.61 Å². The molecule has 32 heavy (non-hydrogen) atoms. The molecule has 4 N–H and O–H groups in total. The number of nitrogens with two attached hydrogens (primary N) is 1. The van der Waals surface area contributed by atoms with Crippen LogP contribution in [0.4, 0.5) is 5.69 Å². The Morgan fingerprint density at radius 3 is 2.69 bits per heavy atom. The molecule has 4 rings (SSSR count). The number of nitrogen functional groups attached to an aromatic ring is 1. The first-order chi connectivity index (χ1) is 15.5. The highest BCUT2D eigenvalue weighted by atomic mass is 32.2. The van der Waals surface area contributed by atoms with Crippen LogP contribution in [0.3, 0.4) is 0 Å². The second kappa shape index (κ2) is 10.1. The van der Waals surface area contributed by atoms with Crippen molar-refractivity contribution >= 4 is 49.4 Å². The van der Waals surface area contributed by atoms with Gasteiger partial charge in [-0.2, -0.15) is 0 Å². The van der Waals surface area contributed by atoms with Gasteiger partial charge in [-0.05, 0) is 35.7 Å². The number of aliphatic hydroxyl groups excluding tert-OH is 1. The van der Waals surface area contributed by atoms with Crippen molar-refractivity contribution in [3.05, 3.63) is 41.9 Å². The topological polar surface area (TPSA) is 119 Å². The van der Waals surface area contributed by atoms with Gasteiger partial charge < -0.3 is 20.7 Å². The van der Waals surface area contributed by atoms with Gasteiger partial charge in [0.2, 0.25) is 0 Å². The molecule has 0 bridgehead atoms. The lowest BCUT2D eigenvalue weighted by molar-refractivity contribution is -0.0680. The number of rotatable bonds is 9. The van der Waals surface area contributed by atoms with E-state index in [9.17, 15) is 4.21 Å². The minimum absolute atomic E-state index is 0.211. The van der Waals surface area contributed by atoms with E-state index in [1.807, 2.05) is 23.6 Å². The highest BCUT2D eigenvalue weighted by Gasteiger charge is 2.21. The number of hydrogen-bond acceptors (Lipinski definition) is 9. The Bertz CT molecular complexity index is 1220. The molecule has 168 valence electrons. The number of fused-ring (bicyclic) bond motifs is 1. The van der Waals surface area contributed by atoms with Crippen molar-refractivity contribution in [1.29, 1.82) is 0 Å². The first-order valence-corrected chi connectivity index (χ1v) is 13.1. The van der Waals surface area contributed by atoms with Crippen LogP contribution in [0.5, 0.6) is 5.75 Å². The fraction of sp³-hybridized carbons (Fsp3) is 0.273. The van der Waals surface area contributed by atoms with Gasteiger partial charge in [0.1, 0.15) is 32.1 Å². The van der Waals surface area contributed by atoms with E-state index in [1.54, 1.807) is 18.3 Å². The molecule has 0 fully saturated rings. The number of thiazole rings is 1. The Morgan fingerprint density at radius 1 is 1.25 bits per heavy atom. The molecule has 3 aromatic heterocycles. The highest BCUT2D eigenvalue weighted by Crippen LogP contribution is 2.43. The molecule has 0 spiro atoms. The number of thiophene rings is 1. The summed E-state index contributed by atoms with van der Waals surface area (Å²) in [5.41, 5.74) is 9.53. The molecule has 0 aliphatic heterocycles. The molecule has 7 nitrogen and oxygen atoms in total. The predicted molar refractivity (Wildman–Crippen MR) is 130 cm³/mol. The van der Waals surface area contributed by atoms with Gasteiger partial charge in [0.25, 0.3) is 0 Å². The van der Waals surface area contributed by atoms with E-state index in [0.717, 1.165) is 44.9 Å². The van der Waals surface area contributed by atoms with Crippen molar-refractivity contribution in [3.63, 3.8) is 0 Å². The Morgan fingerprint density at radius 2 is 2.03 bits per heavy atom. The largest absolute Gasteiger partial charge is 0.488 e. The van der Waals surface area contributed by atoms with Crippen molar-refractivity contribution < 1.29 is 19.2 Å². The predicted octanol–water partition coefficient (Wildman–Crippen LogP) is 4.27. The first-order valence-electron chi connectivity index (χ1n) is 10.1. The van der Waals surface area contributed by atoms with Gasteiger partial charge in [-0.3, -0.25) is 4.21 Å². The SMILES string of the molecule is CCCCS(=O)c1sc2nc(-c3nccs3)cc(-c3ccc(OCC(O)O)cc3)c2c1N. The van der Waals surface area contributed by atoms with Crippen LogP contribution in [0.15, 0.2) is 46.1 Å². The number of benzene rings is 1. The molecule has 0 saturated heterocycles. The third-order valence-electron chi connectivity index (χ3n) is 4.77. The Balaban J connectivity index is 1.82. The van der Waals surface area contributed by atoms with Gasteiger partial charge in [0.05, 0.1) is 16.5 Å². The number of nitrogens with zero attached hydrogens (tertiary/aromatic N) is 2. The van der Waals surface area contributed by atoms with Crippen LogP contribution in [0.25, 0.3) is 32.0 Å². The van der Waals surface area contributed by atoms with Crippen LogP contribution < -0.4 is 10.5 Å². The minimum Gasteiger partial charge on any atom is -0.488 e. The van der Waals surface area contributed by atoms with Crippen molar-refractivity contribution in [2.45, 2.75) is 30.3 Å². The third-order valence-corrected chi connectivity index (χ3v) is 8.56. The molecule has 1 unspecified atom stereocenters. The fourth-order valence-electron chi connectivity index (χ4n) is 3.23. The molecule has 0 amide bonds. The van der Waals surface area contributed by atoms with Gasteiger partial charge in [-0.15, -0.1) is 22.7 Å². The average molecular weight is 490 g/mol. The van der Waals surface area contributed by atoms with Crippen LogP contribution in [-0.4, -0.2) is 43.0 Å². The molecular weight excluding hydrogens is 466 g/mol. The van der Waals surface area contributed by atoms with Crippen LogP contribution in [0.1, 0.15) is 19.8 Å². The maximum absolute atomic E-state index is 12.9. The first kappa shape index (κ1) is 22.8. The molecule has 10 heteroatoms. The van der Waals surface area contributed by atoms with Crippen LogP contribution in [0.2, 0.25) is 0 Å². The van der Waals surface area contributed by atoms with Crippen molar-refractivity contribution in [2.24, 2.45) is 0 Å². The number of aromatic nitrogens is 2. The maximum Gasteiger partial charge on any atom is 0.186 e. The Labute approximate surface area is 196 Å². The summed E-state index contributed by atoms with van der Waals surface area (Å²) >= 11 is 2.88. The number of pyridine rings is 1. The van der Waals surface area contributed by atoms with Gasteiger partial charge in [0, 0.05) is 22.7 Å². The molecule has 0 aliphatic carbocycles. The minimum atomic E-state index is -1.53. The van der Waals surface area contributed by atoms with Gasteiger partial charge >= 0.3 is 0 Å². The van der Waals surface area contributed by atoms with E-state index in [4.69, 9.17) is 25.7 Å². The van der Waals surface area contributed by atoms with Gasteiger partial charge in [-0.25, -0.2) is 9.97 Å². The molecule has 0 aliphatic rings. The lowest BCUT2D eigenvalue weighted by atomic mass is 10.0. The number of aliphatic hydroxyl groups is 2. The standard InChI is InChI=1S/C22H23N3O4S3/c1-2-3-10-32(28)22-19(23)18-15(13-4-6-14(7-5-13)29-12-17(26)27)11-16(25-21(18)31-22)20-24-8-9-30-20/h4-9,11,17,26-27H,2-3,10,12,23H2,1H3. The second-order valence-corrected chi connectivity index (χ2v) is 10.8. The van der Waals surface area contributed by atoms with Crippen LogP contribution in [-0.2, 0) is 10.8 Å². The highest BCUT2D eigenvalue weighted by molar-refractivity contribution is 7.87. The van der Waals surface area contributed by atoms with Crippen LogP contribution >= 0.6 is 22.7 Å². The number of hydrogen-bond donors (Lipinski definition) is 3. The van der Waals surface area contributed by atoms with E-state index in [1.165, 1.54) is 22.7 Å². The lowest BCUT2D eigenvalue weighted by Gasteiger charge is -2.10. The summed E-state index contributed by atoms with van der Waals surface area (Å²) < 4.78 is 18.9. The Hall–Kier alpha value is -2.37. The normalized spacial score (nSPS) is 12.5. The third kappa shape index (κ3) is 4.84. The van der Waals surface area contributed by atoms with Gasteiger partial charge in [0.15, 0.2) is 6.29 Å². The monoisotopic (exact) mass is 489 g/mol. The molecule has 3 heterocycles. The van der Waals surface area contributed by atoms with Crippen LogP contribution in [0, 0.1) is 0 Å². The van der Waals surface area contributed by atoms with Crippen molar-refractivity contribution in [3.8, 4) is 27.6 Å². The Kier molecular flexibility index (Phi) is 7.17. The van der Waals surface area contributed by atoms with Crippen molar-refractivity contribution in [1.82, 2.24) is 9.97 Å². The summed E-state index contributed by atoms with van der Waals surface area (Å²) in [7, 11) is -1.17. The number of ether oxygens (including phenoxy) is 1. The summed E-state index contributed by atoms with van der Waals surface area (Å²) in [4.78, 5) is 9.91. The average Bonchev–Trinajstić information content (AvgIpc) is 3.44. The summed E-state index contributed by atoms with van der Waals surface area (Å²) in [5, 5.41) is 21.5.